The van der Waals surface area contributed by atoms with Crippen LogP contribution in [0.4, 0.5) is 0 Å². The molecule has 4 heteroatoms. The van der Waals surface area contributed by atoms with Gasteiger partial charge in [0.25, 0.3) is 0 Å². The highest BCUT2D eigenvalue weighted by Gasteiger charge is 2.16. The van der Waals surface area contributed by atoms with E-state index in [1.54, 1.807) is 62.6 Å². The second-order valence-corrected chi connectivity index (χ2v) is 4.49. The number of benzene rings is 2. The molecular formula is C17H15NO3. The average molecular weight is 281 g/mol. The predicted molar refractivity (Wildman–Crippen MR) is 78.6 cm³/mol. The fraction of sp³-hybridized carbons (Fsp3) is 0.176. The van der Waals surface area contributed by atoms with Gasteiger partial charge < -0.3 is 9.47 Å². The van der Waals surface area contributed by atoms with Gasteiger partial charge in [-0.05, 0) is 55.5 Å². The molecule has 21 heavy (non-hydrogen) atoms. The standard InChI is InChI=1S/C17H15NO3/c1-12(21-16-7-3-13(11-18)4-8-16)17(19)14-5-9-15(20-2)10-6-14/h3-10,12H,1-2H3/t12-/m1/s1. The summed E-state index contributed by atoms with van der Waals surface area (Å²) in [5.74, 6) is 1.15. The summed E-state index contributed by atoms with van der Waals surface area (Å²) in [5.41, 5.74) is 1.12. The van der Waals surface area contributed by atoms with E-state index in [0.29, 0.717) is 22.6 Å². The van der Waals surface area contributed by atoms with Crippen LogP contribution in [0, 0.1) is 11.3 Å². The van der Waals surface area contributed by atoms with Gasteiger partial charge in [-0.15, -0.1) is 0 Å². The maximum absolute atomic E-state index is 12.3. The van der Waals surface area contributed by atoms with Crippen LogP contribution in [0.15, 0.2) is 48.5 Å². The van der Waals surface area contributed by atoms with Crippen LogP contribution in [0.5, 0.6) is 11.5 Å². The van der Waals surface area contributed by atoms with Crippen molar-refractivity contribution in [3.63, 3.8) is 0 Å². The maximum atomic E-state index is 12.3. The minimum atomic E-state index is -0.605. The van der Waals surface area contributed by atoms with Crippen molar-refractivity contribution in [2.24, 2.45) is 0 Å². The Morgan fingerprint density at radius 3 is 2.14 bits per heavy atom. The molecule has 106 valence electrons. The molecule has 0 aromatic heterocycles. The molecule has 0 aliphatic rings. The quantitative estimate of drug-likeness (QED) is 0.789. The molecule has 0 spiro atoms. The van der Waals surface area contributed by atoms with E-state index in [1.807, 2.05) is 6.07 Å². The number of ketones is 1. The molecule has 0 fully saturated rings. The Hall–Kier alpha value is -2.80. The zero-order valence-corrected chi connectivity index (χ0v) is 11.9. The number of nitrogens with zero attached hydrogens (tertiary/aromatic N) is 1. The lowest BCUT2D eigenvalue weighted by Crippen LogP contribution is -2.23. The number of carbonyl (C=O) groups is 1. The van der Waals surface area contributed by atoms with Crippen molar-refractivity contribution in [1.29, 1.82) is 5.26 Å². The van der Waals surface area contributed by atoms with Crippen molar-refractivity contribution >= 4 is 5.78 Å². The van der Waals surface area contributed by atoms with Crippen molar-refractivity contribution in [3.8, 4) is 17.6 Å². The van der Waals surface area contributed by atoms with Crippen molar-refractivity contribution in [2.75, 3.05) is 7.11 Å². The molecule has 0 saturated heterocycles. The molecule has 2 aromatic carbocycles. The Balaban J connectivity index is 2.05. The molecule has 0 saturated carbocycles. The minimum Gasteiger partial charge on any atom is -0.497 e. The Morgan fingerprint density at radius 1 is 1.05 bits per heavy atom. The van der Waals surface area contributed by atoms with Crippen LogP contribution in [0.3, 0.4) is 0 Å². The minimum absolute atomic E-state index is 0.109. The summed E-state index contributed by atoms with van der Waals surface area (Å²) in [4.78, 5) is 12.3. The molecule has 4 nitrogen and oxygen atoms in total. The maximum Gasteiger partial charge on any atom is 0.202 e. The Morgan fingerprint density at radius 2 is 1.62 bits per heavy atom. The van der Waals surface area contributed by atoms with E-state index in [-0.39, 0.29) is 5.78 Å². The largest absolute Gasteiger partial charge is 0.497 e. The van der Waals surface area contributed by atoms with Crippen LogP contribution in [-0.4, -0.2) is 19.0 Å². The molecule has 2 aromatic rings. The van der Waals surface area contributed by atoms with Gasteiger partial charge in [0.15, 0.2) is 6.10 Å². The van der Waals surface area contributed by atoms with E-state index in [4.69, 9.17) is 14.7 Å². The highest BCUT2D eigenvalue weighted by atomic mass is 16.5. The van der Waals surface area contributed by atoms with Crippen LogP contribution >= 0.6 is 0 Å². The van der Waals surface area contributed by atoms with Gasteiger partial charge in [-0.1, -0.05) is 0 Å². The van der Waals surface area contributed by atoms with E-state index in [9.17, 15) is 4.79 Å². The number of hydrogen-bond donors (Lipinski definition) is 0. The fourth-order valence-corrected chi connectivity index (χ4v) is 1.86. The zero-order valence-electron chi connectivity index (χ0n) is 11.9. The Bertz CT molecular complexity index is 654. The van der Waals surface area contributed by atoms with Crippen LogP contribution in [0.1, 0.15) is 22.8 Å². The highest BCUT2D eigenvalue weighted by molar-refractivity contribution is 5.99. The monoisotopic (exact) mass is 281 g/mol. The van der Waals surface area contributed by atoms with Crippen molar-refractivity contribution < 1.29 is 14.3 Å². The lowest BCUT2D eigenvalue weighted by molar-refractivity contribution is 0.0818. The molecule has 0 radical (unpaired) electrons. The topological polar surface area (TPSA) is 59.3 Å². The molecule has 0 amide bonds. The number of methoxy groups -OCH3 is 1. The third kappa shape index (κ3) is 3.61. The van der Waals surface area contributed by atoms with E-state index in [0.717, 1.165) is 0 Å². The molecule has 0 heterocycles. The lowest BCUT2D eigenvalue weighted by Gasteiger charge is -2.14. The first-order valence-corrected chi connectivity index (χ1v) is 6.49. The van der Waals surface area contributed by atoms with Gasteiger partial charge in [-0.3, -0.25) is 4.79 Å². The lowest BCUT2D eigenvalue weighted by atomic mass is 10.1. The first-order valence-electron chi connectivity index (χ1n) is 6.49. The second kappa shape index (κ2) is 6.58. The normalized spacial score (nSPS) is 11.3. The number of rotatable bonds is 5. The van der Waals surface area contributed by atoms with Crippen molar-refractivity contribution in [2.45, 2.75) is 13.0 Å². The smallest absolute Gasteiger partial charge is 0.202 e. The van der Waals surface area contributed by atoms with Gasteiger partial charge in [0, 0.05) is 5.56 Å². The van der Waals surface area contributed by atoms with Gasteiger partial charge in [0.1, 0.15) is 11.5 Å². The molecule has 0 N–H and O–H groups in total. The summed E-state index contributed by atoms with van der Waals surface area (Å²) in [6.45, 7) is 1.70. The van der Waals surface area contributed by atoms with Gasteiger partial charge in [0.2, 0.25) is 5.78 Å². The SMILES string of the molecule is COc1ccc(C(=O)[C@@H](C)Oc2ccc(C#N)cc2)cc1. The molecule has 0 aliphatic heterocycles. The van der Waals surface area contributed by atoms with Crippen LogP contribution < -0.4 is 9.47 Å². The third-order valence-electron chi connectivity index (χ3n) is 3.04. The number of ether oxygens (including phenoxy) is 2. The van der Waals surface area contributed by atoms with Crippen LogP contribution in [-0.2, 0) is 0 Å². The van der Waals surface area contributed by atoms with E-state index in [1.165, 1.54) is 0 Å². The third-order valence-corrected chi connectivity index (χ3v) is 3.04. The van der Waals surface area contributed by atoms with Crippen molar-refractivity contribution in [1.82, 2.24) is 0 Å². The summed E-state index contributed by atoms with van der Waals surface area (Å²) in [6.07, 6.45) is -0.605. The number of nitriles is 1. The summed E-state index contributed by atoms with van der Waals surface area (Å²) < 4.78 is 10.7. The second-order valence-electron chi connectivity index (χ2n) is 4.49. The summed E-state index contributed by atoms with van der Waals surface area (Å²) >= 11 is 0. The van der Waals surface area contributed by atoms with Gasteiger partial charge in [0.05, 0.1) is 18.7 Å². The average Bonchev–Trinajstić information content (AvgIpc) is 2.55. The summed E-state index contributed by atoms with van der Waals surface area (Å²) in [6, 6.07) is 15.6. The Kier molecular flexibility index (Phi) is 4.57. The number of hydrogen-bond acceptors (Lipinski definition) is 4. The summed E-state index contributed by atoms with van der Waals surface area (Å²) in [7, 11) is 1.58. The predicted octanol–water partition coefficient (Wildman–Crippen LogP) is 3.22. The van der Waals surface area contributed by atoms with Crippen molar-refractivity contribution in [3.05, 3.63) is 59.7 Å². The molecule has 0 aliphatic carbocycles. The molecule has 0 bridgehead atoms. The van der Waals surface area contributed by atoms with Crippen LogP contribution in [0.2, 0.25) is 0 Å². The van der Waals surface area contributed by atoms with Crippen LogP contribution in [0.25, 0.3) is 0 Å². The zero-order chi connectivity index (χ0) is 15.2. The van der Waals surface area contributed by atoms with Gasteiger partial charge >= 0.3 is 0 Å². The van der Waals surface area contributed by atoms with Gasteiger partial charge in [-0.2, -0.15) is 5.26 Å². The molecule has 2 rings (SSSR count). The number of carbonyl (C=O) groups excluding carboxylic acids is 1. The molecular weight excluding hydrogens is 266 g/mol. The Labute approximate surface area is 123 Å². The highest BCUT2D eigenvalue weighted by Crippen LogP contribution is 2.17. The molecule has 0 unspecified atom stereocenters. The van der Waals surface area contributed by atoms with E-state index >= 15 is 0 Å². The fourth-order valence-electron chi connectivity index (χ4n) is 1.86. The first kappa shape index (κ1) is 14.6. The van der Waals surface area contributed by atoms with E-state index in [2.05, 4.69) is 0 Å². The number of Topliss-reactive ketones (excluding diaryl/α,β-unsaturated/α-hetero) is 1. The summed E-state index contributed by atoms with van der Waals surface area (Å²) in [5, 5.41) is 8.73. The van der Waals surface area contributed by atoms with Gasteiger partial charge in [-0.25, -0.2) is 0 Å². The first-order chi connectivity index (χ1) is 10.1. The van der Waals surface area contributed by atoms with E-state index < -0.39 is 6.10 Å². The molecule has 1 atom stereocenters.